The molecular weight excluding hydrogens is 248 g/mol. The molecule has 3 nitrogen and oxygen atoms in total. The van der Waals surface area contributed by atoms with Gasteiger partial charge in [0, 0.05) is 5.69 Å². The Balaban J connectivity index is 2.82. The van der Waals surface area contributed by atoms with Crippen molar-refractivity contribution in [3.8, 4) is 0 Å². The summed E-state index contributed by atoms with van der Waals surface area (Å²) < 4.78 is 47.6. The Bertz CT molecular complexity index is 457. The normalized spacial score (nSPS) is 13.7. The zero-order valence-electron chi connectivity index (χ0n) is 9.65. The van der Waals surface area contributed by atoms with Crippen molar-refractivity contribution in [2.24, 2.45) is 0 Å². The number of nitrogens with one attached hydrogen (secondary N) is 1. The zero-order chi connectivity index (χ0) is 13.1. The predicted molar refractivity (Wildman–Crippen MR) is 63.3 cm³/mol. The van der Waals surface area contributed by atoms with E-state index in [0.29, 0.717) is 5.69 Å². The molecule has 0 amide bonds. The van der Waals surface area contributed by atoms with Crippen LogP contribution in [0.2, 0.25) is 0 Å². The average Bonchev–Trinajstić information content (AvgIpc) is 2.29. The second-order valence-corrected chi connectivity index (χ2v) is 5.97. The molecule has 1 N–H and O–H groups in total. The molecule has 1 rings (SSSR count). The number of halogens is 2. The summed E-state index contributed by atoms with van der Waals surface area (Å²) in [5.74, 6) is 0.0210. The first-order valence-electron chi connectivity index (χ1n) is 5.24. The highest BCUT2D eigenvalue weighted by molar-refractivity contribution is 7.91. The average molecular weight is 263 g/mol. The van der Waals surface area contributed by atoms with Crippen molar-refractivity contribution in [1.82, 2.24) is 0 Å². The lowest BCUT2D eigenvalue weighted by Gasteiger charge is -2.14. The van der Waals surface area contributed by atoms with Crippen molar-refractivity contribution < 1.29 is 17.2 Å². The molecule has 17 heavy (non-hydrogen) atoms. The standard InChI is InChI=1S/C11H15F2NO2S/c1-3-17(15,16)10-6-4-9(5-7-10)14-8(2)11(12)13/h4-8,11,14H,3H2,1-2H3. The molecule has 0 aliphatic rings. The molecule has 0 spiro atoms. The molecule has 1 atom stereocenters. The summed E-state index contributed by atoms with van der Waals surface area (Å²) in [7, 11) is -3.24. The number of anilines is 1. The summed E-state index contributed by atoms with van der Waals surface area (Å²) in [4.78, 5) is 0.204. The SMILES string of the molecule is CCS(=O)(=O)c1ccc(NC(C)C(F)F)cc1. The van der Waals surface area contributed by atoms with Crippen molar-refractivity contribution in [3.05, 3.63) is 24.3 Å². The highest BCUT2D eigenvalue weighted by atomic mass is 32.2. The van der Waals surface area contributed by atoms with Crippen LogP contribution < -0.4 is 5.32 Å². The Morgan fingerprint density at radius 1 is 1.24 bits per heavy atom. The smallest absolute Gasteiger partial charge is 0.258 e. The van der Waals surface area contributed by atoms with Crippen molar-refractivity contribution in [2.75, 3.05) is 11.1 Å². The first-order valence-corrected chi connectivity index (χ1v) is 6.89. The molecule has 0 aliphatic carbocycles. The van der Waals surface area contributed by atoms with Gasteiger partial charge in [-0.2, -0.15) is 0 Å². The lowest BCUT2D eigenvalue weighted by molar-refractivity contribution is 0.130. The molecule has 6 heteroatoms. The van der Waals surface area contributed by atoms with Gasteiger partial charge in [-0.05, 0) is 31.2 Å². The number of rotatable bonds is 5. The third-order valence-electron chi connectivity index (χ3n) is 2.37. The Morgan fingerprint density at radius 2 is 1.76 bits per heavy atom. The van der Waals surface area contributed by atoms with Gasteiger partial charge in [0.2, 0.25) is 0 Å². The molecule has 0 radical (unpaired) electrons. The van der Waals surface area contributed by atoms with E-state index in [4.69, 9.17) is 0 Å². The number of hydrogen-bond donors (Lipinski definition) is 1. The molecule has 0 aliphatic heterocycles. The summed E-state index contributed by atoms with van der Waals surface area (Å²) >= 11 is 0. The van der Waals surface area contributed by atoms with Crippen LogP contribution in [0.25, 0.3) is 0 Å². The number of benzene rings is 1. The zero-order valence-corrected chi connectivity index (χ0v) is 10.5. The van der Waals surface area contributed by atoms with Crippen LogP contribution in [0.3, 0.4) is 0 Å². The van der Waals surface area contributed by atoms with Crippen LogP contribution in [0.1, 0.15) is 13.8 Å². The predicted octanol–water partition coefficient (Wildman–Crippen LogP) is 2.55. The third-order valence-corrected chi connectivity index (χ3v) is 4.12. The van der Waals surface area contributed by atoms with Crippen LogP contribution in [0.4, 0.5) is 14.5 Å². The fraction of sp³-hybridized carbons (Fsp3) is 0.455. The second kappa shape index (κ2) is 5.44. The van der Waals surface area contributed by atoms with E-state index in [0.717, 1.165) is 0 Å². The molecule has 1 aromatic rings. The van der Waals surface area contributed by atoms with E-state index in [1.165, 1.54) is 31.2 Å². The largest absolute Gasteiger partial charge is 0.377 e. The molecule has 0 bridgehead atoms. The van der Waals surface area contributed by atoms with Gasteiger partial charge in [-0.25, -0.2) is 17.2 Å². The van der Waals surface area contributed by atoms with Gasteiger partial charge in [0.1, 0.15) is 0 Å². The van der Waals surface area contributed by atoms with Gasteiger partial charge in [0.15, 0.2) is 9.84 Å². The molecule has 0 saturated heterocycles. The molecule has 0 saturated carbocycles. The van der Waals surface area contributed by atoms with Crippen molar-refractivity contribution >= 4 is 15.5 Å². The van der Waals surface area contributed by atoms with E-state index < -0.39 is 22.3 Å². The van der Waals surface area contributed by atoms with Crippen molar-refractivity contribution in [1.29, 1.82) is 0 Å². The Hall–Kier alpha value is -1.17. The Kier molecular flexibility index (Phi) is 4.45. The molecule has 0 fully saturated rings. The topological polar surface area (TPSA) is 46.2 Å². The summed E-state index contributed by atoms with van der Waals surface area (Å²) in [6.07, 6.45) is -2.46. The van der Waals surface area contributed by atoms with Gasteiger partial charge in [-0.1, -0.05) is 6.92 Å². The number of hydrogen-bond acceptors (Lipinski definition) is 3. The molecule has 0 heterocycles. The monoisotopic (exact) mass is 263 g/mol. The number of sulfone groups is 1. The first kappa shape index (κ1) is 13.9. The minimum Gasteiger partial charge on any atom is -0.377 e. The van der Waals surface area contributed by atoms with Crippen LogP contribution in [0.15, 0.2) is 29.2 Å². The lowest BCUT2D eigenvalue weighted by Crippen LogP contribution is -2.23. The van der Waals surface area contributed by atoms with Gasteiger partial charge in [-0.15, -0.1) is 0 Å². The molecule has 96 valence electrons. The van der Waals surface area contributed by atoms with Gasteiger partial charge in [0.05, 0.1) is 16.7 Å². The molecule has 1 aromatic carbocycles. The van der Waals surface area contributed by atoms with Crippen molar-refractivity contribution in [3.63, 3.8) is 0 Å². The fourth-order valence-electron chi connectivity index (χ4n) is 1.25. The molecule has 1 unspecified atom stereocenters. The van der Waals surface area contributed by atoms with Crippen LogP contribution in [0, 0.1) is 0 Å². The van der Waals surface area contributed by atoms with E-state index in [1.807, 2.05) is 0 Å². The quantitative estimate of drug-likeness (QED) is 0.888. The lowest BCUT2D eigenvalue weighted by atomic mass is 10.3. The molecular formula is C11H15F2NO2S. The highest BCUT2D eigenvalue weighted by Crippen LogP contribution is 2.17. The van der Waals surface area contributed by atoms with Crippen LogP contribution in [0.5, 0.6) is 0 Å². The highest BCUT2D eigenvalue weighted by Gasteiger charge is 2.15. The second-order valence-electron chi connectivity index (χ2n) is 3.70. The summed E-state index contributed by atoms with van der Waals surface area (Å²) in [5, 5.41) is 2.59. The van der Waals surface area contributed by atoms with E-state index in [2.05, 4.69) is 5.32 Å². The third kappa shape index (κ3) is 3.66. The van der Waals surface area contributed by atoms with Crippen molar-refractivity contribution in [2.45, 2.75) is 31.2 Å². The minimum absolute atomic E-state index is 0.0210. The fourth-order valence-corrected chi connectivity index (χ4v) is 2.14. The summed E-state index contributed by atoms with van der Waals surface area (Å²) in [5.41, 5.74) is 0.479. The first-order chi connectivity index (χ1) is 7.86. The van der Waals surface area contributed by atoms with Gasteiger partial charge in [0.25, 0.3) is 6.43 Å². The van der Waals surface area contributed by atoms with Gasteiger partial charge >= 0.3 is 0 Å². The van der Waals surface area contributed by atoms with E-state index in [1.54, 1.807) is 6.92 Å². The Labute approximate surface area is 99.8 Å². The summed E-state index contributed by atoms with van der Waals surface area (Å²) in [6.45, 7) is 2.92. The van der Waals surface area contributed by atoms with Crippen LogP contribution >= 0.6 is 0 Å². The molecule has 0 aromatic heterocycles. The van der Waals surface area contributed by atoms with Gasteiger partial charge < -0.3 is 5.32 Å². The maximum atomic E-state index is 12.3. The van der Waals surface area contributed by atoms with Crippen LogP contribution in [-0.2, 0) is 9.84 Å². The van der Waals surface area contributed by atoms with E-state index in [9.17, 15) is 17.2 Å². The maximum Gasteiger partial charge on any atom is 0.258 e. The number of alkyl halides is 2. The minimum atomic E-state index is -3.24. The van der Waals surface area contributed by atoms with E-state index >= 15 is 0 Å². The van der Waals surface area contributed by atoms with Gasteiger partial charge in [-0.3, -0.25) is 0 Å². The Morgan fingerprint density at radius 3 is 2.18 bits per heavy atom. The summed E-state index contributed by atoms with van der Waals surface area (Å²) in [6, 6.07) is 4.84. The van der Waals surface area contributed by atoms with E-state index in [-0.39, 0.29) is 10.6 Å². The van der Waals surface area contributed by atoms with Crippen LogP contribution in [-0.4, -0.2) is 26.6 Å². The maximum absolute atomic E-state index is 12.3.